The smallest absolute Gasteiger partial charge is 0.191 e. The first-order valence-electron chi connectivity index (χ1n) is 9.46. The first-order valence-corrected chi connectivity index (χ1v) is 9.46. The van der Waals surface area contributed by atoms with Crippen molar-refractivity contribution in [3.05, 3.63) is 29.3 Å². The van der Waals surface area contributed by atoms with Gasteiger partial charge < -0.3 is 24.8 Å². The first kappa shape index (κ1) is 24.0. The minimum atomic E-state index is 0. The number of nitrogens with one attached hydrogen (secondary N) is 2. The van der Waals surface area contributed by atoms with Gasteiger partial charge in [0.05, 0.1) is 6.61 Å². The number of rotatable bonds is 12. The normalized spacial score (nSPS) is 13.8. The summed E-state index contributed by atoms with van der Waals surface area (Å²) in [5.41, 5.74) is 2.28. The molecule has 1 aromatic rings. The lowest BCUT2D eigenvalue weighted by Gasteiger charge is -2.15. The Hall–Kier alpha value is -1.06. The van der Waals surface area contributed by atoms with Gasteiger partial charge in [-0.2, -0.15) is 0 Å². The van der Waals surface area contributed by atoms with Crippen LogP contribution in [0.15, 0.2) is 23.2 Å². The Morgan fingerprint density at radius 3 is 2.70 bits per heavy atom. The topological polar surface area (TPSA) is 64.1 Å². The number of benzene rings is 1. The maximum absolute atomic E-state index is 5.83. The molecule has 0 radical (unpaired) electrons. The maximum Gasteiger partial charge on any atom is 0.191 e. The fraction of sp³-hybridized carbons (Fsp3) is 0.650. The van der Waals surface area contributed by atoms with Gasteiger partial charge in [-0.3, -0.25) is 4.99 Å². The highest BCUT2D eigenvalue weighted by Gasteiger charge is 2.20. The number of hydrogen-bond acceptors (Lipinski definition) is 4. The lowest BCUT2D eigenvalue weighted by atomic mass is 10.1. The number of guanidine groups is 1. The highest BCUT2D eigenvalue weighted by Crippen LogP contribution is 2.28. The van der Waals surface area contributed by atoms with Crippen LogP contribution >= 0.6 is 24.0 Å². The van der Waals surface area contributed by atoms with E-state index in [1.54, 1.807) is 14.2 Å². The molecule has 7 heteroatoms. The molecule has 154 valence electrons. The van der Waals surface area contributed by atoms with E-state index in [2.05, 4.69) is 40.7 Å². The third-order valence-corrected chi connectivity index (χ3v) is 4.25. The second kappa shape index (κ2) is 14.0. The maximum atomic E-state index is 5.83. The van der Waals surface area contributed by atoms with Gasteiger partial charge in [0, 0.05) is 46.0 Å². The van der Waals surface area contributed by atoms with Crippen molar-refractivity contribution >= 4 is 29.9 Å². The van der Waals surface area contributed by atoms with Crippen LogP contribution in [0.1, 0.15) is 30.4 Å². The van der Waals surface area contributed by atoms with E-state index < -0.39 is 0 Å². The molecule has 1 saturated carbocycles. The fourth-order valence-electron chi connectivity index (χ4n) is 2.49. The molecule has 1 aliphatic carbocycles. The van der Waals surface area contributed by atoms with Gasteiger partial charge in [-0.1, -0.05) is 12.1 Å². The highest BCUT2D eigenvalue weighted by molar-refractivity contribution is 14.0. The average molecular weight is 491 g/mol. The summed E-state index contributed by atoms with van der Waals surface area (Å²) in [5, 5.41) is 6.67. The van der Waals surface area contributed by atoms with Gasteiger partial charge in [0.1, 0.15) is 12.4 Å². The van der Waals surface area contributed by atoms with Gasteiger partial charge in [-0.05, 0) is 43.7 Å². The van der Waals surface area contributed by atoms with Crippen LogP contribution in [0, 0.1) is 12.8 Å². The van der Waals surface area contributed by atoms with Gasteiger partial charge in [-0.15, -0.1) is 24.0 Å². The molecule has 0 bridgehead atoms. The quantitative estimate of drug-likeness (QED) is 0.204. The second-order valence-electron chi connectivity index (χ2n) is 6.68. The van der Waals surface area contributed by atoms with Crippen LogP contribution in [0.4, 0.5) is 0 Å². The Morgan fingerprint density at radius 1 is 1.19 bits per heavy atom. The minimum absolute atomic E-state index is 0. The molecule has 1 fully saturated rings. The molecule has 0 heterocycles. The lowest BCUT2D eigenvalue weighted by Crippen LogP contribution is -2.37. The largest absolute Gasteiger partial charge is 0.491 e. The minimum Gasteiger partial charge on any atom is -0.491 e. The molecular formula is C20H34IN3O3. The molecule has 0 atom stereocenters. The summed E-state index contributed by atoms with van der Waals surface area (Å²) in [4.78, 5) is 4.27. The molecular weight excluding hydrogens is 457 g/mol. The van der Waals surface area contributed by atoms with Crippen LogP contribution < -0.4 is 15.4 Å². The van der Waals surface area contributed by atoms with E-state index in [0.717, 1.165) is 49.4 Å². The molecule has 2 N–H and O–H groups in total. The summed E-state index contributed by atoms with van der Waals surface area (Å²) in [5.74, 6) is 2.50. The zero-order chi connectivity index (χ0) is 18.6. The average Bonchev–Trinajstić information content (AvgIpc) is 3.46. The number of aryl methyl sites for hydroxylation is 1. The first-order chi connectivity index (χ1) is 12.7. The molecule has 2 rings (SSSR count). The summed E-state index contributed by atoms with van der Waals surface area (Å²) >= 11 is 0. The summed E-state index contributed by atoms with van der Waals surface area (Å²) in [6.07, 6.45) is 3.65. The van der Waals surface area contributed by atoms with Gasteiger partial charge in [0.25, 0.3) is 0 Å². The van der Waals surface area contributed by atoms with E-state index in [-0.39, 0.29) is 24.0 Å². The van der Waals surface area contributed by atoms with E-state index >= 15 is 0 Å². The zero-order valence-corrected chi connectivity index (χ0v) is 19.1. The molecule has 0 aliphatic heterocycles. The standard InChI is InChI=1S/C20H33N3O3.HI/c1-16-5-8-18(19(13-16)26-12-11-24-3)14-23-20(21-2)22-9-4-10-25-15-17-6-7-17;/h5,8,13,17H,4,6-7,9-12,14-15H2,1-3H3,(H2,21,22,23);1H. The van der Waals surface area contributed by atoms with Crippen molar-refractivity contribution in [1.82, 2.24) is 10.6 Å². The predicted octanol–water partition coefficient (Wildman–Crippen LogP) is 3.12. The van der Waals surface area contributed by atoms with Gasteiger partial charge in [0.15, 0.2) is 5.96 Å². The molecule has 1 aliphatic rings. The van der Waals surface area contributed by atoms with Crippen molar-refractivity contribution in [3.8, 4) is 5.75 Å². The Morgan fingerprint density at radius 2 is 2.00 bits per heavy atom. The molecule has 6 nitrogen and oxygen atoms in total. The highest BCUT2D eigenvalue weighted by atomic mass is 127. The third-order valence-electron chi connectivity index (χ3n) is 4.25. The predicted molar refractivity (Wildman–Crippen MR) is 120 cm³/mol. The van der Waals surface area contributed by atoms with Crippen LogP contribution in [0.2, 0.25) is 0 Å². The number of nitrogens with zero attached hydrogens (tertiary/aromatic N) is 1. The molecule has 0 amide bonds. The second-order valence-corrected chi connectivity index (χ2v) is 6.68. The summed E-state index contributed by atoms with van der Waals surface area (Å²) in [7, 11) is 3.46. The Labute approximate surface area is 180 Å². The summed E-state index contributed by atoms with van der Waals surface area (Å²) in [6.45, 7) is 6.40. The van der Waals surface area contributed by atoms with Crippen molar-refractivity contribution in [2.24, 2.45) is 10.9 Å². The zero-order valence-electron chi connectivity index (χ0n) is 16.8. The van der Waals surface area contributed by atoms with Gasteiger partial charge >= 0.3 is 0 Å². The Kier molecular flexibility index (Phi) is 12.4. The van der Waals surface area contributed by atoms with E-state index in [1.807, 2.05) is 0 Å². The van der Waals surface area contributed by atoms with Crippen molar-refractivity contribution < 1.29 is 14.2 Å². The SMILES string of the molecule is CN=C(NCCCOCC1CC1)NCc1ccc(C)cc1OCCOC.I. The third kappa shape index (κ3) is 10.2. The number of aliphatic imine (C=N–C) groups is 1. The van der Waals surface area contributed by atoms with Gasteiger partial charge in [-0.25, -0.2) is 0 Å². The van der Waals surface area contributed by atoms with E-state index in [9.17, 15) is 0 Å². The molecule has 1 aromatic carbocycles. The van der Waals surface area contributed by atoms with Crippen molar-refractivity contribution in [2.75, 3.05) is 47.1 Å². The number of ether oxygens (including phenoxy) is 3. The number of hydrogen-bond donors (Lipinski definition) is 2. The van der Waals surface area contributed by atoms with Crippen LogP contribution in [0.3, 0.4) is 0 Å². The Bertz CT molecular complexity index is 565. The molecule has 0 aromatic heterocycles. The number of methoxy groups -OCH3 is 1. The van der Waals surface area contributed by atoms with Crippen LogP contribution in [0.25, 0.3) is 0 Å². The van der Waals surface area contributed by atoms with E-state index in [4.69, 9.17) is 14.2 Å². The van der Waals surface area contributed by atoms with E-state index in [0.29, 0.717) is 19.8 Å². The Balaban J connectivity index is 0.00000364. The molecule has 27 heavy (non-hydrogen) atoms. The van der Waals surface area contributed by atoms with Crippen LogP contribution in [-0.4, -0.2) is 53.1 Å². The fourth-order valence-corrected chi connectivity index (χ4v) is 2.49. The monoisotopic (exact) mass is 491 g/mol. The van der Waals surface area contributed by atoms with E-state index in [1.165, 1.54) is 18.4 Å². The van der Waals surface area contributed by atoms with Crippen LogP contribution in [-0.2, 0) is 16.0 Å². The lowest BCUT2D eigenvalue weighted by molar-refractivity contribution is 0.123. The van der Waals surface area contributed by atoms with Crippen LogP contribution in [0.5, 0.6) is 5.75 Å². The summed E-state index contributed by atoms with van der Waals surface area (Å²) in [6, 6.07) is 6.23. The molecule has 0 saturated heterocycles. The molecule has 0 spiro atoms. The summed E-state index contributed by atoms with van der Waals surface area (Å²) < 4.78 is 16.5. The number of halogens is 1. The molecule has 0 unspecified atom stereocenters. The van der Waals surface area contributed by atoms with Crippen molar-refractivity contribution in [1.29, 1.82) is 0 Å². The van der Waals surface area contributed by atoms with Gasteiger partial charge in [0.2, 0.25) is 0 Å². The van der Waals surface area contributed by atoms with Crippen molar-refractivity contribution in [3.63, 3.8) is 0 Å². The van der Waals surface area contributed by atoms with Crippen molar-refractivity contribution in [2.45, 2.75) is 32.7 Å².